The predicted octanol–water partition coefficient (Wildman–Crippen LogP) is 4.70. The average Bonchev–Trinajstić information content (AvgIpc) is 2.19. The molecule has 0 fully saturated rings. The molecule has 1 rings (SSSR count). The van der Waals surface area contributed by atoms with E-state index in [0.717, 1.165) is 12.2 Å². The van der Waals surface area contributed by atoms with Crippen molar-refractivity contribution < 1.29 is 4.74 Å². The Kier molecular flexibility index (Phi) is 7.70. The molecule has 0 unspecified atom stereocenters. The first kappa shape index (κ1) is 15.0. The molecule has 1 aromatic rings. The van der Waals surface area contributed by atoms with Crippen molar-refractivity contribution >= 4 is 0 Å². The first-order valence-electron chi connectivity index (χ1n) is 6.33. The van der Waals surface area contributed by atoms with E-state index in [0.29, 0.717) is 5.92 Å². The summed E-state index contributed by atoms with van der Waals surface area (Å²) in [6.45, 7) is 12.6. The van der Waals surface area contributed by atoms with Crippen LogP contribution >= 0.6 is 0 Å². The van der Waals surface area contributed by atoms with Gasteiger partial charge in [-0.25, -0.2) is 0 Å². The Labute approximate surface area is 101 Å². The Balaban J connectivity index is 0.00000106. The van der Waals surface area contributed by atoms with E-state index in [2.05, 4.69) is 45.9 Å². The molecule has 0 bridgehead atoms. The Morgan fingerprint density at radius 1 is 1.06 bits per heavy atom. The summed E-state index contributed by atoms with van der Waals surface area (Å²) in [6, 6.07) is 8.38. The molecule has 0 heterocycles. The van der Waals surface area contributed by atoms with Crippen LogP contribution in [-0.4, -0.2) is 6.10 Å². The molecule has 0 saturated heterocycles. The molecule has 16 heavy (non-hydrogen) atoms. The zero-order valence-electron chi connectivity index (χ0n) is 11.6. The van der Waals surface area contributed by atoms with Gasteiger partial charge in [-0.05, 0) is 43.9 Å². The third kappa shape index (κ3) is 6.49. The number of ether oxygens (including phenoxy) is 1. The normalized spacial score (nSPS) is 10.0. The minimum atomic E-state index is 0.254. The smallest absolute Gasteiger partial charge is 0.119 e. The van der Waals surface area contributed by atoms with Crippen molar-refractivity contribution in [3.63, 3.8) is 0 Å². The van der Waals surface area contributed by atoms with Gasteiger partial charge in [-0.1, -0.05) is 39.8 Å². The molecular weight excluding hydrogens is 196 g/mol. The van der Waals surface area contributed by atoms with Gasteiger partial charge >= 0.3 is 0 Å². The van der Waals surface area contributed by atoms with Crippen LogP contribution in [0, 0.1) is 5.92 Å². The van der Waals surface area contributed by atoms with Crippen LogP contribution in [0.15, 0.2) is 24.3 Å². The van der Waals surface area contributed by atoms with Crippen LogP contribution < -0.4 is 4.74 Å². The number of rotatable bonds is 4. The lowest BCUT2D eigenvalue weighted by Crippen LogP contribution is -2.05. The van der Waals surface area contributed by atoms with Gasteiger partial charge < -0.3 is 4.74 Å². The minimum Gasteiger partial charge on any atom is -0.491 e. The number of hydrogen-bond acceptors (Lipinski definition) is 1. The van der Waals surface area contributed by atoms with Gasteiger partial charge in [0.2, 0.25) is 0 Å². The maximum absolute atomic E-state index is 5.64. The molecule has 0 radical (unpaired) electrons. The van der Waals surface area contributed by atoms with Gasteiger partial charge in [0, 0.05) is 0 Å². The van der Waals surface area contributed by atoms with E-state index in [9.17, 15) is 0 Å². The van der Waals surface area contributed by atoms with Gasteiger partial charge in [0.1, 0.15) is 5.75 Å². The van der Waals surface area contributed by atoms with Gasteiger partial charge in [-0.2, -0.15) is 0 Å². The fraction of sp³-hybridized carbons (Fsp3) is 0.600. The molecule has 0 aliphatic heterocycles. The van der Waals surface area contributed by atoms with Gasteiger partial charge in [0.05, 0.1) is 6.10 Å². The Morgan fingerprint density at radius 2 is 1.69 bits per heavy atom. The molecule has 1 heteroatoms. The predicted molar refractivity (Wildman–Crippen MR) is 72.1 cm³/mol. The highest BCUT2D eigenvalue weighted by Gasteiger charge is 2.01. The minimum absolute atomic E-state index is 0.254. The fourth-order valence-electron chi connectivity index (χ4n) is 1.49. The van der Waals surface area contributed by atoms with Crippen LogP contribution in [0.2, 0.25) is 0 Å². The largest absolute Gasteiger partial charge is 0.491 e. The molecule has 0 saturated carbocycles. The van der Waals surface area contributed by atoms with E-state index in [1.807, 2.05) is 19.9 Å². The standard InChI is InChI=1S/C13H20O.C2H6/c1-10(2)8-12-6-5-7-13(9-12)14-11(3)4;1-2/h5-7,9-11H,8H2,1-4H3;1-2H3. The van der Waals surface area contributed by atoms with Crippen molar-refractivity contribution in [2.45, 2.75) is 54.1 Å². The van der Waals surface area contributed by atoms with E-state index in [4.69, 9.17) is 4.74 Å². The van der Waals surface area contributed by atoms with Crippen molar-refractivity contribution in [1.29, 1.82) is 0 Å². The highest BCUT2D eigenvalue weighted by atomic mass is 16.5. The lowest BCUT2D eigenvalue weighted by Gasteiger charge is -2.11. The van der Waals surface area contributed by atoms with Gasteiger partial charge in [-0.3, -0.25) is 0 Å². The molecule has 0 aromatic heterocycles. The SMILES string of the molecule is CC.CC(C)Cc1cccc(OC(C)C)c1. The molecule has 92 valence electrons. The Morgan fingerprint density at radius 3 is 2.19 bits per heavy atom. The van der Waals surface area contributed by atoms with E-state index < -0.39 is 0 Å². The average molecular weight is 222 g/mol. The lowest BCUT2D eigenvalue weighted by atomic mass is 10.0. The third-order valence-electron chi connectivity index (χ3n) is 1.91. The van der Waals surface area contributed by atoms with E-state index >= 15 is 0 Å². The topological polar surface area (TPSA) is 9.23 Å². The van der Waals surface area contributed by atoms with Crippen molar-refractivity contribution in [2.24, 2.45) is 5.92 Å². The number of hydrogen-bond donors (Lipinski definition) is 0. The van der Waals surface area contributed by atoms with E-state index in [1.165, 1.54) is 5.56 Å². The molecule has 0 spiro atoms. The van der Waals surface area contributed by atoms with Crippen molar-refractivity contribution in [1.82, 2.24) is 0 Å². The lowest BCUT2D eigenvalue weighted by molar-refractivity contribution is 0.242. The highest BCUT2D eigenvalue weighted by molar-refractivity contribution is 5.28. The van der Waals surface area contributed by atoms with Gasteiger partial charge in [0.25, 0.3) is 0 Å². The van der Waals surface area contributed by atoms with E-state index in [1.54, 1.807) is 0 Å². The second-order valence-electron chi connectivity index (χ2n) is 4.41. The van der Waals surface area contributed by atoms with Crippen LogP contribution in [0.1, 0.15) is 47.1 Å². The second kappa shape index (κ2) is 8.20. The molecule has 0 aliphatic carbocycles. The monoisotopic (exact) mass is 222 g/mol. The van der Waals surface area contributed by atoms with Gasteiger partial charge in [-0.15, -0.1) is 0 Å². The maximum atomic E-state index is 5.64. The first-order valence-corrected chi connectivity index (χ1v) is 6.33. The number of benzene rings is 1. The van der Waals surface area contributed by atoms with Crippen molar-refractivity contribution in [3.05, 3.63) is 29.8 Å². The summed E-state index contributed by atoms with van der Waals surface area (Å²) in [4.78, 5) is 0. The van der Waals surface area contributed by atoms with Crippen molar-refractivity contribution in [3.8, 4) is 5.75 Å². The van der Waals surface area contributed by atoms with Crippen LogP contribution in [-0.2, 0) is 6.42 Å². The maximum Gasteiger partial charge on any atom is 0.119 e. The molecule has 0 atom stereocenters. The fourth-order valence-corrected chi connectivity index (χ4v) is 1.49. The van der Waals surface area contributed by atoms with Crippen molar-refractivity contribution in [2.75, 3.05) is 0 Å². The summed E-state index contributed by atoms with van der Waals surface area (Å²) < 4.78 is 5.64. The third-order valence-corrected chi connectivity index (χ3v) is 1.91. The summed E-state index contributed by atoms with van der Waals surface area (Å²) in [7, 11) is 0. The molecule has 0 amide bonds. The molecule has 0 aliphatic rings. The molecular formula is C15H26O. The van der Waals surface area contributed by atoms with Crippen LogP contribution in [0.5, 0.6) is 5.75 Å². The summed E-state index contributed by atoms with van der Waals surface area (Å²) in [5, 5.41) is 0. The summed E-state index contributed by atoms with van der Waals surface area (Å²) in [6.07, 6.45) is 1.37. The highest BCUT2D eigenvalue weighted by Crippen LogP contribution is 2.17. The summed E-state index contributed by atoms with van der Waals surface area (Å²) in [5.74, 6) is 1.68. The van der Waals surface area contributed by atoms with Crippen LogP contribution in [0.3, 0.4) is 0 Å². The molecule has 1 aromatic carbocycles. The zero-order valence-corrected chi connectivity index (χ0v) is 11.6. The first-order chi connectivity index (χ1) is 7.58. The van der Waals surface area contributed by atoms with Gasteiger partial charge in [0.15, 0.2) is 0 Å². The molecule has 1 nitrogen and oxygen atoms in total. The van der Waals surface area contributed by atoms with E-state index in [-0.39, 0.29) is 6.10 Å². The summed E-state index contributed by atoms with van der Waals surface area (Å²) >= 11 is 0. The van der Waals surface area contributed by atoms with Crippen LogP contribution in [0.25, 0.3) is 0 Å². The molecule has 0 N–H and O–H groups in total. The second-order valence-corrected chi connectivity index (χ2v) is 4.41. The Hall–Kier alpha value is -0.980. The zero-order chi connectivity index (χ0) is 12.6. The Bertz CT molecular complexity index is 251. The quantitative estimate of drug-likeness (QED) is 0.717. The van der Waals surface area contributed by atoms with Crippen LogP contribution in [0.4, 0.5) is 0 Å². The summed E-state index contributed by atoms with van der Waals surface area (Å²) in [5.41, 5.74) is 1.36.